The summed E-state index contributed by atoms with van der Waals surface area (Å²) in [5.74, 6) is 0.734. The normalized spacial score (nSPS) is 12.0. The fourth-order valence-electron chi connectivity index (χ4n) is 6.90. The van der Waals surface area contributed by atoms with Crippen LogP contribution in [0.5, 0.6) is 0 Å². The molecule has 5 heteroatoms. The summed E-state index contributed by atoms with van der Waals surface area (Å²) < 4.78 is 6.27. The van der Waals surface area contributed by atoms with E-state index in [-0.39, 0.29) is 0 Å². The summed E-state index contributed by atoms with van der Waals surface area (Å²) in [5, 5.41) is 7.49. The summed E-state index contributed by atoms with van der Waals surface area (Å²) in [7, 11) is 0. The topological polar surface area (TPSA) is 30.7 Å². The lowest BCUT2D eigenvalue weighted by Crippen LogP contribution is -2.00. The number of aromatic nitrogens is 3. The number of benzene rings is 6. The maximum Gasteiger partial charge on any atom is 0.163 e. The smallest absolute Gasteiger partial charge is 0.163 e. The summed E-state index contributed by atoms with van der Waals surface area (Å²) in [4.78, 5) is 11.6. The molecule has 0 aliphatic rings. The minimum atomic E-state index is 0.734. The summed E-state index contributed by atoms with van der Waals surface area (Å²) in [6, 6.07) is 49.7. The van der Waals surface area contributed by atoms with Gasteiger partial charge in [0.2, 0.25) is 0 Å². The van der Waals surface area contributed by atoms with Crippen LogP contribution in [-0.2, 0) is 0 Å². The standard InChI is InChI=1S/C40H23N3S2/c1-2-12-24(13-3-1)37-36-29-17-7-11-21-34(29)45-40(36)42-39(41-37)28-16-5-9-19-31(28)43-30-18-8-4-15-27(30)35-32(43)23-22-26-25-14-6-10-20-33(25)44-38(26)35/h1-23H. The number of hydrogen-bond acceptors (Lipinski definition) is 4. The van der Waals surface area contributed by atoms with Crippen molar-refractivity contribution in [3.05, 3.63) is 140 Å². The van der Waals surface area contributed by atoms with E-state index in [4.69, 9.17) is 9.97 Å². The van der Waals surface area contributed by atoms with Crippen LogP contribution >= 0.6 is 22.7 Å². The Hall–Kier alpha value is -5.36. The van der Waals surface area contributed by atoms with Crippen LogP contribution < -0.4 is 0 Å². The molecule has 210 valence electrons. The van der Waals surface area contributed by atoms with Gasteiger partial charge in [0.15, 0.2) is 5.82 Å². The van der Waals surface area contributed by atoms with Crippen molar-refractivity contribution in [1.82, 2.24) is 14.5 Å². The molecule has 4 aromatic heterocycles. The van der Waals surface area contributed by atoms with Gasteiger partial charge in [-0.25, -0.2) is 9.97 Å². The van der Waals surface area contributed by atoms with Gasteiger partial charge in [0.25, 0.3) is 0 Å². The molecule has 45 heavy (non-hydrogen) atoms. The second kappa shape index (κ2) is 9.57. The highest BCUT2D eigenvalue weighted by molar-refractivity contribution is 7.27. The Morgan fingerprint density at radius 3 is 2.02 bits per heavy atom. The quantitative estimate of drug-likeness (QED) is 0.199. The number of thiophene rings is 2. The Kier molecular flexibility index (Phi) is 5.32. The molecule has 10 aromatic rings. The van der Waals surface area contributed by atoms with Crippen LogP contribution in [0.4, 0.5) is 0 Å². The summed E-state index contributed by atoms with van der Waals surface area (Å²) in [6.45, 7) is 0. The van der Waals surface area contributed by atoms with Gasteiger partial charge in [-0.05, 0) is 36.4 Å². The molecule has 3 nitrogen and oxygen atoms in total. The third-order valence-electron chi connectivity index (χ3n) is 8.85. The molecule has 0 aliphatic heterocycles. The molecule has 10 rings (SSSR count). The Balaban J connectivity index is 1.30. The predicted octanol–water partition coefficient (Wildman–Crippen LogP) is 11.6. The number of para-hydroxylation sites is 2. The van der Waals surface area contributed by atoms with Gasteiger partial charge in [-0.2, -0.15) is 0 Å². The lowest BCUT2D eigenvalue weighted by molar-refractivity contribution is 1.16. The van der Waals surface area contributed by atoms with Crippen LogP contribution in [0.25, 0.3) is 90.6 Å². The number of rotatable bonds is 3. The third kappa shape index (κ3) is 3.62. The van der Waals surface area contributed by atoms with Crippen molar-refractivity contribution in [2.45, 2.75) is 0 Å². The van der Waals surface area contributed by atoms with Crippen LogP contribution in [0.2, 0.25) is 0 Å². The molecule has 0 atom stereocenters. The van der Waals surface area contributed by atoms with Gasteiger partial charge < -0.3 is 4.57 Å². The largest absolute Gasteiger partial charge is 0.308 e. The molecular weight excluding hydrogens is 587 g/mol. The van der Waals surface area contributed by atoms with Crippen molar-refractivity contribution in [3.8, 4) is 28.3 Å². The summed E-state index contributed by atoms with van der Waals surface area (Å²) >= 11 is 3.62. The van der Waals surface area contributed by atoms with Crippen molar-refractivity contribution in [1.29, 1.82) is 0 Å². The lowest BCUT2D eigenvalue weighted by atomic mass is 10.1. The molecular formula is C40H23N3S2. The summed E-state index contributed by atoms with van der Waals surface area (Å²) in [5.41, 5.74) is 6.51. The Bertz CT molecular complexity index is 2770. The highest BCUT2D eigenvalue weighted by atomic mass is 32.1. The Morgan fingerprint density at radius 1 is 0.467 bits per heavy atom. The average molecular weight is 610 g/mol. The minimum Gasteiger partial charge on any atom is -0.308 e. The first-order valence-corrected chi connectivity index (χ1v) is 16.6. The molecule has 0 saturated heterocycles. The molecule has 4 heterocycles. The molecule has 0 bridgehead atoms. The fourth-order valence-corrected chi connectivity index (χ4v) is 9.24. The first-order chi connectivity index (χ1) is 22.3. The Morgan fingerprint density at radius 2 is 1.16 bits per heavy atom. The maximum absolute atomic E-state index is 5.36. The second-order valence-electron chi connectivity index (χ2n) is 11.3. The third-order valence-corrected chi connectivity index (χ3v) is 11.1. The van der Waals surface area contributed by atoms with Crippen molar-refractivity contribution < 1.29 is 0 Å². The first-order valence-electron chi connectivity index (χ1n) is 15.0. The molecule has 0 radical (unpaired) electrons. The Labute approximate surface area is 266 Å². The minimum absolute atomic E-state index is 0.734. The van der Waals surface area contributed by atoms with Crippen LogP contribution in [-0.4, -0.2) is 14.5 Å². The van der Waals surface area contributed by atoms with Crippen LogP contribution in [0, 0.1) is 0 Å². The first kappa shape index (κ1) is 25.0. The lowest BCUT2D eigenvalue weighted by Gasteiger charge is -2.14. The molecule has 0 unspecified atom stereocenters. The van der Waals surface area contributed by atoms with E-state index < -0.39 is 0 Å². The highest BCUT2D eigenvalue weighted by Gasteiger charge is 2.22. The number of hydrogen-bond donors (Lipinski definition) is 0. The van der Waals surface area contributed by atoms with Crippen molar-refractivity contribution in [2.75, 3.05) is 0 Å². The van der Waals surface area contributed by atoms with Gasteiger partial charge in [0.1, 0.15) is 4.83 Å². The van der Waals surface area contributed by atoms with Gasteiger partial charge in [-0.1, -0.05) is 103 Å². The van der Waals surface area contributed by atoms with Gasteiger partial charge >= 0.3 is 0 Å². The zero-order valence-electron chi connectivity index (χ0n) is 23.9. The van der Waals surface area contributed by atoms with E-state index in [1.54, 1.807) is 11.3 Å². The van der Waals surface area contributed by atoms with Crippen molar-refractivity contribution >= 4 is 85.0 Å². The highest BCUT2D eigenvalue weighted by Crippen LogP contribution is 2.45. The van der Waals surface area contributed by atoms with Gasteiger partial charge in [0, 0.05) is 57.5 Å². The van der Waals surface area contributed by atoms with Gasteiger partial charge in [-0.3, -0.25) is 0 Å². The van der Waals surface area contributed by atoms with Crippen molar-refractivity contribution in [3.63, 3.8) is 0 Å². The van der Waals surface area contributed by atoms with Gasteiger partial charge in [0.05, 0.1) is 22.4 Å². The molecule has 6 aromatic carbocycles. The molecule has 0 spiro atoms. The van der Waals surface area contributed by atoms with E-state index in [1.807, 2.05) is 11.3 Å². The second-order valence-corrected chi connectivity index (χ2v) is 13.4. The maximum atomic E-state index is 5.36. The van der Waals surface area contributed by atoms with Crippen molar-refractivity contribution in [2.24, 2.45) is 0 Å². The monoisotopic (exact) mass is 609 g/mol. The van der Waals surface area contributed by atoms with E-state index in [2.05, 4.69) is 144 Å². The SMILES string of the molecule is c1ccc(-c2nc(-c3ccccc3-n3c4ccccc4c4c5sc6ccccc6c5ccc43)nc3sc4ccccc4c23)cc1. The number of nitrogens with zero attached hydrogens (tertiary/aromatic N) is 3. The van der Waals surface area contributed by atoms with Crippen LogP contribution in [0.1, 0.15) is 0 Å². The number of fused-ring (bicyclic) bond motifs is 10. The molecule has 0 fully saturated rings. The van der Waals surface area contributed by atoms with E-state index in [0.29, 0.717) is 0 Å². The summed E-state index contributed by atoms with van der Waals surface area (Å²) in [6.07, 6.45) is 0. The molecule has 0 saturated carbocycles. The fraction of sp³-hybridized carbons (Fsp3) is 0. The average Bonchev–Trinajstić information content (AvgIpc) is 3.77. The zero-order valence-corrected chi connectivity index (χ0v) is 25.6. The van der Waals surface area contributed by atoms with E-state index in [0.717, 1.165) is 38.5 Å². The molecule has 0 amide bonds. The molecule has 0 aliphatic carbocycles. The van der Waals surface area contributed by atoms with Gasteiger partial charge in [-0.15, -0.1) is 22.7 Å². The van der Waals surface area contributed by atoms with Crippen LogP contribution in [0.3, 0.4) is 0 Å². The van der Waals surface area contributed by atoms with Crippen LogP contribution in [0.15, 0.2) is 140 Å². The predicted molar refractivity (Wildman–Crippen MR) is 193 cm³/mol. The van der Waals surface area contributed by atoms with E-state index in [9.17, 15) is 0 Å². The van der Waals surface area contributed by atoms with E-state index in [1.165, 1.54) is 52.1 Å². The zero-order chi connectivity index (χ0) is 29.5. The van der Waals surface area contributed by atoms with E-state index >= 15 is 0 Å². The molecule has 0 N–H and O–H groups in total.